The van der Waals surface area contributed by atoms with E-state index in [0.29, 0.717) is 0 Å². The maximum absolute atomic E-state index is 12.2. The zero-order chi connectivity index (χ0) is 23.7. The molecule has 0 spiro atoms. The number of hydrogen-bond acceptors (Lipinski definition) is 3. The summed E-state index contributed by atoms with van der Waals surface area (Å²) in [6.45, 7) is 4.44. The standard InChI is InChI=1S/C22H36O2.C8H6S/c1-3-5-7-9-11-13-15-19-20(22(24)18-17-21(19)23)16-14-12-10-8-6-4-2;1-2-4-8-7(3-1)5-6-9-8/h17-18H,3-16H2,1-2H3;1-6H. The molecule has 2 nitrogen and oxygen atoms in total. The third-order valence-electron chi connectivity index (χ3n) is 6.27. The van der Waals surface area contributed by atoms with Crippen molar-refractivity contribution in [2.45, 2.75) is 104 Å². The van der Waals surface area contributed by atoms with Crippen molar-refractivity contribution in [3.8, 4) is 0 Å². The van der Waals surface area contributed by atoms with Crippen LogP contribution in [0, 0.1) is 0 Å². The predicted octanol–water partition coefficient (Wildman–Crippen LogP) is 9.39. The van der Waals surface area contributed by atoms with E-state index in [2.05, 4.69) is 49.6 Å². The van der Waals surface area contributed by atoms with Gasteiger partial charge in [0, 0.05) is 15.8 Å². The van der Waals surface area contributed by atoms with Gasteiger partial charge in [-0.3, -0.25) is 9.59 Å². The van der Waals surface area contributed by atoms with Crippen molar-refractivity contribution >= 4 is 33.0 Å². The summed E-state index contributed by atoms with van der Waals surface area (Å²) >= 11 is 1.79. The van der Waals surface area contributed by atoms with Gasteiger partial charge >= 0.3 is 0 Å². The fraction of sp³-hybridized carbons (Fsp3) is 0.533. The number of allylic oxidation sites excluding steroid dienone is 4. The summed E-state index contributed by atoms with van der Waals surface area (Å²) in [5, 5.41) is 3.47. The maximum atomic E-state index is 12.2. The first-order valence-electron chi connectivity index (χ1n) is 13.1. The van der Waals surface area contributed by atoms with Crippen molar-refractivity contribution in [2.75, 3.05) is 0 Å². The van der Waals surface area contributed by atoms with Gasteiger partial charge in [-0.25, -0.2) is 0 Å². The first-order chi connectivity index (χ1) is 16.2. The van der Waals surface area contributed by atoms with E-state index < -0.39 is 0 Å². The molecule has 1 aromatic carbocycles. The number of unbranched alkanes of at least 4 members (excludes halogenated alkanes) is 10. The molecule has 1 heterocycles. The highest BCUT2D eigenvalue weighted by Gasteiger charge is 2.21. The van der Waals surface area contributed by atoms with E-state index in [1.165, 1.54) is 86.4 Å². The number of ketones is 2. The Bertz CT molecular complexity index is 833. The van der Waals surface area contributed by atoms with Crippen molar-refractivity contribution in [3.05, 3.63) is 59.0 Å². The molecule has 0 aliphatic heterocycles. The minimum absolute atomic E-state index is 0.0733. The van der Waals surface area contributed by atoms with Crippen molar-refractivity contribution in [3.63, 3.8) is 0 Å². The minimum Gasteiger partial charge on any atom is -0.290 e. The molecule has 0 N–H and O–H groups in total. The number of benzene rings is 1. The van der Waals surface area contributed by atoms with Crippen LogP contribution in [0.2, 0.25) is 0 Å². The quantitative estimate of drug-likeness (QED) is 0.205. The molecule has 2 aromatic rings. The van der Waals surface area contributed by atoms with Crippen LogP contribution < -0.4 is 0 Å². The lowest BCUT2D eigenvalue weighted by molar-refractivity contribution is -0.115. The van der Waals surface area contributed by atoms with Crippen LogP contribution in [-0.2, 0) is 9.59 Å². The normalized spacial score (nSPS) is 13.5. The molecule has 1 aliphatic rings. The fourth-order valence-corrected chi connectivity index (χ4v) is 5.06. The molecule has 33 heavy (non-hydrogen) atoms. The van der Waals surface area contributed by atoms with Gasteiger partial charge in [0.25, 0.3) is 0 Å². The molecule has 0 bridgehead atoms. The molecule has 0 fully saturated rings. The van der Waals surface area contributed by atoms with Gasteiger partial charge in [0.2, 0.25) is 0 Å². The Balaban J connectivity index is 0.000000349. The number of carbonyl (C=O) groups excluding carboxylic acids is 2. The summed E-state index contributed by atoms with van der Waals surface area (Å²) < 4.78 is 1.37. The minimum atomic E-state index is 0.0733. The predicted molar refractivity (Wildman–Crippen MR) is 144 cm³/mol. The molecule has 0 saturated heterocycles. The SMILES string of the molecule is CCCCCCCCC1=C(CCCCCCCC)C(=O)C=CC1=O.c1ccc2sccc2c1. The van der Waals surface area contributed by atoms with Crippen LogP contribution in [0.5, 0.6) is 0 Å². The smallest absolute Gasteiger partial charge is 0.182 e. The van der Waals surface area contributed by atoms with Crippen LogP contribution in [0.25, 0.3) is 10.1 Å². The number of hydrogen-bond donors (Lipinski definition) is 0. The van der Waals surface area contributed by atoms with Crippen molar-refractivity contribution in [1.82, 2.24) is 0 Å². The van der Waals surface area contributed by atoms with E-state index in [1.54, 1.807) is 11.3 Å². The summed E-state index contributed by atoms with van der Waals surface area (Å²) in [4.78, 5) is 24.4. The second kappa shape index (κ2) is 16.6. The van der Waals surface area contributed by atoms with Gasteiger partial charge in [-0.05, 0) is 60.7 Å². The van der Waals surface area contributed by atoms with Gasteiger partial charge in [-0.2, -0.15) is 0 Å². The zero-order valence-electron chi connectivity index (χ0n) is 20.7. The Hall–Kier alpha value is -2.00. The monoisotopic (exact) mass is 466 g/mol. The Kier molecular flexibility index (Phi) is 13.7. The largest absolute Gasteiger partial charge is 0.290 e. The van der Waals surface area contributed by atoms with E-state index in [4.69, 9.17) is 0 Å². The molecule has 3 heteroatoms. The Morgan fingerprint density at radius 2 is 1.09 bits per heavy atom. The fourth-order valence-electron chi connectivity index (χ4n) is 4.27. The number of fused-ring (bicyclic) bond motifs is 1. The lowest BCUT2D eigenvalue weighted by atomic mass is 9.88. The molecule has 1 aromatic heterocycles. The van der Waals surface area contributed by atoms with Crippen molar-refractivity contribution in [1.29, 1.82) is 0 Å². The molecular formula is C30H42O2S. The lowest BCUT2D eigenvalue weighted by Gasteiger charge is -2.15. The Morgan fingerprint density at radius 3 is 1.61 bits per heavy atom. The van der Waals surface area contributed by atoms with Gasteiger partial charge in [-0.15, -0.1) is 11.3 Å². The zero-order valence-corrected chi connectivity index (χ0v) is 21.6. The Morgan fingerprint density at radius 1 is 0.606 bits per heavy atom. The van der Waals surface area contributed by atoms with Crippen molar-refractivity contribution in [2.24, 2.45) is 0 Å². The molecular weight excluding hydrogens is 424 g/mol. The third-order valence-corrected chi connectivity index (χ3v) is 7.17. The van der Waals surface area contributed by atoms with E-state index in [9.17, 15) is 9.59 Å². The molecule has 0 saturated carbocycles. The van der Waals surface area contributed by atoms with Gasteiger partial charge < -0.3 is 0 Å². The second-order valence-electron chi connectivity index (χ2n) is 9.01. The molecule has 1 aliphatic carbocycles. The summed E-state index contributed by atoms with van der Waals surface area (Å²) in [5.74, 6) is 0.147. The third kappa shape index (κ3) is 10.2. The highest BCUT2D eigenvalue weighted by molar-refractivity contribution is 7.17. The molecule has 0 amide bonds. The van der Waals surface area contributed by atoms with Gasteiger partial charge in [0.15, 0.2) is 11.6 Å². The topological polar surface area (TPSA) is 34.1 Å². The highest BCUT2D eigenvalue weighted by atomic mass is 32.1. The first kappa shape index (κ1) is 27.2. The first-order valence-corrected chi connectivity index (χ1v) is 14.0. The van der Waals surface area contributed by atoms with E-state index >= 15 is 0 Å². The summed E-state index contributed by atoms with van der Waals surface area (Å²) in [6.07, 6.45) is 19.1. The number of rotatable bonds is 14. The van der Waals surface area contributed by atoms with Crippen LogP contribution in [0.3, 0.4) is 0 Å². The number of thiophene rings is 1. The second-order valence-corrected chi connectivity index (χ2v) is 9.96. The van der Waals surface area contributed by atoms with Crippen LogP contribution >= 0.6 is 11.3 Å². The molecule has 0 unspecified atom stereocenters. The molecule has 0 atom stereocenters. The average molecular weight is 467 g/mol. The molecule has 180 valence electrons. The lowest BCUT2D eigenvalue weighted by Crippen LogP contribution is -2.15. The number of carbonyl (C=O) groups is 2. The summed E-state index contributed by atoms with van der Waals surface area (Å²) in [5.41, 5.74) is 1.62. The van der Waals surface area contributed by atoms with Crippen molar-refractivity contribution < 1.29 is 9.59 Å². The van der Waals surface area contributed by atoms with E-state index in [1.807, 2.05) is 0 Å². The van der Waals surface area contributed by atoms with E-state index in [-0.39, 0.29) is 11.6 Å². The summed E-state index contributed by atoms with van der Waals surface area (Å²) in [6, 6.07) is 10.5. The highest BCUT2D eigenvalue weighted by Crippen LogP contribution is 2.25. The Labute approximate surface area is 205 Å². The van der Waals surface area contributed by atoms with Gasteiger partial charge in [0.05, 0.1) is 0 Å². The maximum Gasteiger partial charge on any atom is 0.182 e. The molecule has 3 rings (SSSR count). The van der Waals surface area contributed by atoms with Crippen LogP contribution in [0.1, 0.15) is 104 Å². The summed E-state index contributed by atoms with van der Waals surface area (Å²) in [7, 11) is 0. The van der Waals surface area contributed by atoms with E-state index in [0.717, 1.165) is 36.8 Å². The van der Waals surface area contributed by atoms with Crippen LogP contribution in [0.4, 0.5) is 0 Å². The molecule has 0 radical (unpaired) electrons. The van der Waals surface area contributed by atoms with Crippen LogP contribution in [0.15, 0.2) is 59.0 Å². The van der Waals surface area contributed by atoms with Gasteiger partial charge in [0.1, 0.15) is 0 Å². The van der Waals surface area contributed by atoms with Crippen LogP contribution in [-0.4, -0.2) is 11.6 Å². The average Bonchev–Trinajstić information content (AvgIpc) is 3.31. The van der Waals surface area contributed by atoms with Gasteiger partial charge in [-0.1, -0.05) is 96.3 Å².